The third kappa shape index (κ3) is 6.66. The number of unbranched alkanes of at least 4 members (excludes halogenated alkanes) is 1. The van der Waals surface area contributed by atoms with E-state index in [1.54, 1.807) is 0 Å². The summed E-state index contributed by atoms with van der Waals surface area (Å²) < 4.78 is 0. The van der Waals surface area contributed by atoms with Crippen molar-refractivity contribution in [3.8, 4) is 0 Å². The maximum atomic E-state index is 10.4. The zero-order valence-corrected chi connectivity index (χ0v) is 10.1. The van der Waals surface area contributed by atoms with Gasteiger partial charge in [0, 0.05) is 0 Å². The van der Waals surface area contributed by atoms with Crippen LogP contribution < -0.4 is 0 Å². The summed E-state index contributed by atoms with van der Waals surface area (Å²) in [7, 11) is 0. The Labute approximate surface area is 85.3 Å². The molecule has 0 aromatic heterocycles. The van der Waals surface area contributed by atoms with E-state index < -0.39 is 5.97 Å². The van der Waals surface area contributed by atoms with Crippen LogP contribution in [0.4, 0.5) is 0 Å². The average Bonchev–Trinajstić information content (AvgIpc) is 1.89. The topological polar surface area (TPSA) is 37.3 Å². The Kier molecular flexibility index (Phi) is 10.5. The molecule has 0 aromatic carbocycles. The van der Waals surface area contributed by atoms with Gasteiger partial charge in [-0.2, -0.15) is 0 Å². The van der Waals surface area contributed by atoms with E-state index in [1.807, 2.05) is 6.92 Å². The van der Waals surface area contributed by atoms with Crippen LogP contribution in [0.3, 0.4) is 0 Å². The van der Waals surface area contributed by atoms with Gasteiger partial charge < -0.3 is 5.11 Å². The summed E-state index contributed by atoms with van der Waals surface area (Å²) in [5.74, 6) is -0.754. The largest absolute Gasteiger partial charge is 2.00 e. The Morgan fingerprint density at radius 2 is 2.00 bits per heavy atom. The Morgan fingerprint density at radius 3 is 2.27 bits per heavy atom. The van der Waals surface area contributed by atoms with Crippen LogP contribution in [-0.4, -0.2) is 35.0 Å². The second-order valence-corrected chi connectivity index (χ2v) is 2.59. The molecule has 0 amide bonds. The quantitative estimate of drug-likeness (QED) is 0.769. The molecule has 0 saturated carbocycles. The van der Waals surface area contributed by atoms with Crippen molar-refractivity contribution in [3.63, 3.8) is 0 Å². The second-order valence-electron chi connectivity index (χ2n) is 2.59. The number of hydrogen-bond donors (Lipinski definition) is 1. The minimum Gasteiger partial charge on any atom is -0.481 e. The number of rotatable bonds is 5. The predicted octanol–water partition coefficient (Wildman–Crippen LogP) is 1.91. The Balaban J connectivity index is 0. The van der Waals surface area contributed by atoms with Gasteiger partial charge in [-0.15, -0.1) is 0 Å². The number of hydrogen-bond acceptors (Lipinski definition) is 1. The molecule has 11 heavy (non-hydrogen) atoms. The molecular weight excluding hydrogens is 247 g/mol. The number of carboxylic acid groups (broad SMARTS) is 1. The van der Waals surface area contributed by atoms with Gasteiger partial charge in [0.1, 0.15) is 0 Å². The normalized spacial score (nSPS) is 11.8. The first-order valence-electron chi connectivity index (χ1n) is 3.95. The van der Waals surface area contributed by atoms with E-state index >= 15 is 0 Å². The van der Waals surface area contributed by atoms with Gasteiger partial charge in [0.15, 0.2) is 0 Å². The van der Waals surface area contributed by atoms with Crippen molar-refractivity contribution < 1.29 is 9.90 Å². The average molecular weight is 263 g/mol. The first-order valence-corrected chi connectivity index (χ1v) is 3.95. The van der Waals surface area contributed by atoms with Crippen molar-refractivity contribution in [1.29, 1.82) is 0 Å². The molecule has 0 bridgehead atoms. The third-order valence-corrected chi connectivity index (χ3v) is 1.75. The number of carboxylic acids is 1. The molecule has 0 aliphatic rings. The van der Waals surface area contributed by atoms with Crippen LogP contribution in [0, 0.1) is 5.92 Å². The van der Waals surface area contributed by atoms with Crippen molar-refractivity contribution in [3.05, 3.63) is 0 Å². The SMILES string of the molecule is CCCCC(CC)C(=O)O.[Sn+2]. The summed E-state index contributed by atoms with van der Waals surface area (Å²) in [4.78, 5) is 10.4. The summed E-state index contributed by atoms with van der Waals surface area (Å²) in [5.41, 5.74) is 0. The zero-order chi connectivity index (χ0) is 7.98. The zero-order valence-electron chi connectivity index (χ0n) is 7.26. The summed E-state index contributed by atoms with van der Waals surface area (Å²) in [5, 5.41) is 8.60. The van der Waals surface area contributed by atoms with Gasteiger partial charge in [-0.3, -0.25) is 4.79 Å². The molecule has 2 radical (unpaired) electrons. The molecule has 62 valence electrons. The first kappa shape index (κ1) is 13.8. The molecule has 0 aromatic rings. The second kappa shape index (κ2) is 8.37. The number of aliphatic carboxylic acids is 1. The van der Waals surface area contributed by atoms with Crippen molar-refractivity contribution in [2.24, 2.45) is 5.92 Å². The molecule has 1 atom stereocenters. The molecule has 1 N–H and O–H groups in total. The minimum absolute atomic E-state index is 0. The molecule has 0 heterocycles. The van der Waals surface area contributed by atoms with Gasteiger partial charge in [0.05, 0.1) is 5.92 Å². The van der Waals surface area contributed by atoms with E-state index in [-0.39, 0.29) is 29.8 Å². The molecule has 3 heteroatoms. The molecule has 2 nitrogen and oxygen atoms in total. The Morgan fingerprint density at radius 1 is 1.45 bits per heavy atom. The third-order valence-electron chi connectivity index (χ3n) is 1.75. The molecular formula is C8H16O2Sn+2. The standard InChI is InChI=1S/C8H16O2.Sn/c1-3-5-6-7(4-2)8(9)10;/h7H,3-6H2,1-2H3,(H,9,10);/q;+2. The van der Waals surface area contributed by atoms with Gasteiger partial charge in [-0.25, -0.2) is 0 Å². The summed E-state index contributed by atoms with van der Waals surface area (Å²) >= 11 is 0. The Hall–Kier alpha value is 0.269. The minimum atomic E-state index is -0.643. The van der Waals surface area contributed by atoms with E-state index in [2.05, 4.69) is 6.92 Å². The van der Waals surface area contributed by atoms with Crippen LogP contribution in [0.15, 0.2) is 0 Å². The molecule has 0 fully saturated rings. The fourth-order valence-corrected chi connectivity index (χ4v) is 0.953. The molecule has 1 unspecified atom stereocenters. The van der Waals surface area contributed by atoms with E-state index in [4.69, 9.17) is 5.11 Å². The first-order chi connectivity index (χ1) is 4.72. The maximum Gasteiger partial charge on any atom is 2.00 e. The van der Waals surface area contributed by atoms with Crippen molar-refractivity contribution in [2.45, 2.75) is 39.5 Å². The van der Waals surface area contributed by atoms with E-state index in [0.717, 1.165) is 25.7 Å². The van der Waals surface area contributed by atoms with Crippen LogP contribution in [0.25, 0.3) is 0 Å². The van der Waals surface area contributed by atoms with E-state index in [9.17, 15) is 4.79 Å². The van der Waals surface area contributed by atoms with Crippen molar-refractivity contribution in [2.75, 3.05) is 0 Å². The van der Waals surface area contributed by atoms with Crippen LogP contribution in [0.5, 0.6) is 0 Å². The fourth-order valence-electron chi connectivity index (χ4n) is 0.953. The van der Waals surface area contributed by atoms with Gasteiger partial charge in [0.25, 0.3) is 0 Å². The summed E-state index contributed by atoms with van der Waals surface area (Å²) in [6.45, 7) is 4.00. The van der Waals surface area contributed by atoms with E-state index in [0.29, 0.717) is 0 Å². The summed E-state index contributed by atoms with van der Waals surface area (Å²) in [6.07, 6.45) is 3.71. The monoisotopic (exact) mass is 264 g/mol. The van der Waals surface area contributed by atoms with E-state index in [1.165, 1.54) is 0 Å². The molecule has 0 aliphatic heterocycles. The smallest absolute Gasteiger partial charge is 0.481 e. The molecule has 0 aliphatic carbocycles. The van der Waals surface area contributed by atoms with Crippen LogP contribution in [0.1, 0.15) is 39.5 Å². The summed E-state index contributed by atoms with van der Waals surface area (Å²) in [6, 6.07) is 0. The molecule has 0 saturated heterocycles. The predicted molar refractivity (Wildman–Crippen MR) is 46.7 cm³/mol. The number of carbonyl (C=O) groups is 1. The van der Waals surface area contributed by atoms with Gasteiger partial charge in [-0.05, 0) is 12.8 Å². The fraction of sp³-hybridized carbons (Fsp3) is 0.875. The van der Waals surface area contributed by atoms with Gasteiger partial charge in [0.2, 0.25) is 0 Å². The van der Waals surface area contributed by atoms with Gasteiger partial charge >= 0.3 is 29.9 Å². The molecule has 0 spiro atoms. The van der Waals surface area contributed by atoms with Crippen LogP contribution in [-0.2, 0) is 4.79 Å². The van der Waals surface area contributed by atoms with Gasteiger partial charge in [-0.1, -0.05) is 26.7 Å². The molecule has 0 rings (SSSR count). The van der Waals surface area contributed by atoms with Crippen LogP contribution >= 0.6 is 0 Å². The van der Waals surface area contributed by atoms with Crippen molar-refractivity contribution in [1.82, 2.24) is 0 Å². The van der Waals surface area contributed by atoms with Crippen molar-refractivity contribution >= 4 is 29.9 Å². The van der Waals surface area contributed by atoms with Crippen LogP contribution in [0.2, 0.25) is 0 Å². The maximum absolute atomic E-state index is 10.4. The Bertz CT molecular complexity index is 104.